The molecule has 0 amide bonds. The van der Waals surface area contributed by atoms with E-state index in [2.05, 4.69) is 0 Å². The Bertz CT molecular complexity index is 646. The predicted octanol–water partition coefficient (Wildman–Crippen LogP) is 3.41. The lowest BCUT2D eigenvalue weighted by molar-refractivity contribution is 0.0845. The van der Waals surface area contributed by atoms with Crippen LogP contribution in [-0.2, 0) is 0 Å². The molecule has 2 aromatic carbocycles. The van der Waals surface area contributed by atoms with Gasteiger partial charge in [-0.3, -0.25) is 4.79 Å². The first-order valence-corrected chi connectivity index (χ1v) is 6.23. The summed E-state index contributed by atoms with van der Waals surface area (Å²) in [7, 11) is 0. The quantitative estimate of drug-likeness (QED) is 0.848. The molecule has 3 nitrogen and oxygen atoms in total. The summed E-state index contributed by atoms with van der Waals surface area (Å²) >= 11 is 0. The molecule has 0 spiro atoms. The van der Waals surface area contributed by atoms with Crippen LogP contribution in [-0.4, -0.2) is 10.9 Å². The highest BCUT2D eigenvalue weighted by molar-refractivity contribution is 6.02. The van der Waals surface area contributed by atoms with Gasteiger partial charge in [-0.1, -0.05) is 35.9 Å². The van der Waals surface area contributed by atoms with Crippen molar-refractivity contribution in [2.24, 2.45) is 0 Å². The molecule has 0 aliphatic carbocycles. The van der Waals surface area contributed by atoms with Crippen molar-refractivity contribution in [3.8, 4) is 11.5 Å². The van der Waals surface area contributed by atoms with Gasteiger partial charge in [0.2, 0.25) is 0 Å². The molecule has 0 bridgehead atoms. The number of hydrogen-bond acceptors (Lipinski definition) is 3. The molecule has 0 saturated heterocycles. The maximum Gasteiger partial charge on any atom is 0.174 e. The molecule has 1 aliphatic heterocycles. The molecule has 3 rings (SSSR count). The molecule has 1 N–H and O–H groups in total. The maximum absolute atomic E-state index is 12.1. The Balaban J connectivity index is 2.00. The molecule has 1 atom stereocenters. The molecule has 1 aliphatic rings. The van der Waals surface area contributed by atoms with Crippen LogP contribution < -0.4 is 4.74 Å². The van der Waals surface area contributed by atoms with E-state index in [4.69, 9.17) is 4.74 Å². The zero-order valence-electron chi connectivity index (χ0n) is 10.6. The van der Waals surface area contributed by atoms with Gasteiger partial charge in [-0.05, 0) is 24.6 Å². The van der Waals surface area contributed by atoms with Gasteiger partial charge in [0.25, 0.3) is 0 Å². The van der Waals surface area contributed by atoms with Crippen molar-refractivity contribution in [3.63, 3.8) is 0 Å². The Morgan fingerprint density at radius 1 is 1.21 bits per heavy atom. The van der Waals surface area contributed by atoms with Crippen LogP contribution in [0.4, 0.5) is 0 Å². The summed E-state index contributed by atoms with van der Waals surface area (Å²) < 4.78 is 5.84. The Hall–Kier alpha value is -2.29. The topological polar surface area (TPSA) is 46.5 Å². The van der Waals surface area contributed by atoms with Gasteiger partial charge in [0.1, 0.15) is 23.2 Å². The molecule has 96 valence electrons. The van der Waals surface area contributed by atoms with Crippen LogP contribution in [0, 0.1) is 6.92 Å². The number of phenols is 1. The van der Waals surface area contributed by atoms with Crippen molar-refractivity contribution in [2.75, 3.05) is 0 Å². The lowest BCUT2D eigenvalue weighted by atomic mass is 9.95. The summed E-state index contributed by atoms with van der Waals surface area (Å²) in [5.41, 5.74) is 2.42. The van der Waals surface area contributed by atoms with E-state index in [1.807, 2.05) is 31.2 Å². The monoisotopic (exact) mass is 254 g/mol. The molecule has 3 heteroatoms. The Morgan fingerprint density at radius 2 is 2.00 bits per heavy atom. The molecule has 0 aromatic heterocycles. The third-order valence-electron chi connectivity index (χ3n) is 3.34. The van der Waals surface area contributed by atoms with Crippen LogP contribution in [0.3, 0.4) is 0 Å². The number of rotatable bonds is 1. The van der Waals surface area contributed by atoms with E-state index < -0.39 is 0 Å². The molecular weight excluding hydrogens is 240 g/mol. The molecule has 2 aromatic rings. The highest BCUT2D eigenvalue weighted by Crippen LogP contribution is 2.38. The molecule has 0 fully saturated rings. The molecule has 1 unspecified atom stereocenters. The number of benzene rings is 2. The van der Waals surface area contributed by atoms with Crippen LogP contribution in [0.2, 0.25) is 0 Å². The van der Waals surface area contributed by atoms with Crippen molar-refractivity contribution in [1.29, 1.82) is 0 Å². The predicted molar refractivity (Wildman–Crippen MR) is 71.6 cm³/mol. The van der Waals surface area contributed by atoms with E-state index in [1.165, 1.54) is 6.07 Å². The fourth-order valence-electron chi connectivity index (χ4n) is 2.42. The molecule has 0 radical (unpaired) electrons. The highest BCUT2D eigenvalue weighted by atomic mass is 16.5. The number of carbonyl (C=O) groups is 1. The number of aromatic hydroxyl groups is 1. The normalized spacial score (nSPS) is 17.7. The first kappa shape index (κ1) is 11.8. The van der Waals surface area contributed by atoms with E-state index >= 15 is 0 Å². The fraction of sp³-hybridized carbons (Fsp3) is 0.188. The summed E-state index contributed by atoms with van der Waals surface area (Å²) in [5.74, 6) is 0.374. The van der Waals surface area contributed by atoms with Crippen LogP contribution in [0.1, 0.15) is 34.0 Å². The van der Waals surface area contributed by atoms with Crippen LogP contribution in [0.5, 0.6) is 11.5 Å². The van der Waals surface area contributed by atoms with Gasteiger partial charge in [0, 0.05) is 0 Å². The van der Waals surface area contributed by atoms with E-state index in [-0.39, 0.29) is 24.1 Å². The van der Waals surface area contributed by atoms with Crippen LogP contribution >= 0.6 is 0 Å². The largest absolute Gasteiger partial charge is 0.507 e. The summed E-state index contributed by atoms with van der Waals surface area (Å²) in [6.45, 7) is 2.01. The van der Waals surface area contributed by atoms with E-state index in [0.29, 0.717) is 11.3 Å². The standard InChI is InChI=1S/C16H14O3/c1-10-4-2-5-11(8-10)15-9-13(18)16-12(17)6-3-7-14(16)19-15/h2-8,15,17H,9H2,1H3. The lowest BCUT2D eigenvalue weighted by Gasteiger charge is -2.26. The van der Waals surface area contributed by atoms with Gasteiger partial charge < -0.3 is 9.84 Å². The maximum atomic E-state index is 12.1. The molecule has 1 heterocycles. The Kier molecular flexibility index (Phi) is 2.75. The van der Waals surface area contributed by atoms with Crippen molar-refractivity contribution in [3.05, 3.63) is 59.2 Å². The second-order valence-corrected chi connectivity index (χ2v) is 4.80. The van der Waals surface area contributed by atoms with Crippen LogP contribution in [0.25, 0.3) is 0 Å². The number of phenolic OH excluding ortho intramolecular Hbond substituents is 1. The third-order valence-corrected chi connectivity index (χ3v) is 3.34. The number of hydrogen-bond donors (Lipinski definition) is 1. The van der Waals surface area contributed by atoms with E-state index in [0.717, 1.165) is 11.1 Å². The second kappa shape index (κ2) is 4.43. The summed E-state index contributed by atoms with van der Waals surface area (Å²) in [5, 5.41) is 9.73. The molecule has 19 heavy (non-hydrogen) atoms. The number of ketones is 1. The average molecular weight is 254 g/mol. The van der Waals surface area contributed by atoms with Gasteiger partial charge >= 0.3 is 0 Å². The zero-order valence-corrected chi connectivity index (χ0v) is 10.6. The van der Waals surface area contributed by atoms with Gasteiger partial charge in [-0.25, -0.2) is 0 Å². The number of ether oxygens (including phenoxy) is 1. The fourth-order valence-corrected chi connectivity index (χ4v) is 2.42. The number of fused-ring (bicyclic) bond motifs is 1. The summed E-state index contributed by atoms with van der Waals surface area (Å²) in [6, 6.07) is 12.8. The SMILES string of the molecule is Cc1cccc(C2CC(=O)c3c(O)cccc3O2)c1. The molecular formula is C16H14O3. The zero-order chi connectivity index (χ0) is 13.4. The first-order valence-electron chi connectivity index (χ1n) is 6.23. The Labute approximate surface area is 111 Å². The minimum Gasteiger partial charge on any atom is -0.507 e. The van der Waals surface area contributed by atoms with Crippen LogP contribution in [0.15, 0.2) is 42.5 Å². The van der Waals surface area contributed by atoms with Crippen molar-refractivity contribution in [2.45, 2.75) is 19.4 Å². The molecule has 0 saturated carbocycles. The summed E-state index contributed by atoms with van der Waals surface area (Å²) in [6.07, 6.45) is -0.0182. The van der Waals surface area contributed by atoms with Crippen molar-refractivity contribution in [1.82, 2.24) is 0 Å². The number of aryl methyl sites for hydroxylation is 1. The van der Waals surface area contributed by atoms with Gasteiger partial charge in [-0.15, -0.1) is 0 Å². The minimum atomic E-state index is -0.276. The summed E-state index contributed by atoms with van der Waals surface area (Å²) in [4.78, 5) is 12.1. The average Bonchev–Trinajstić information content (AvgIpc) is 2.38. The number of Topliss-reactive ketones (excluding diaryl/α,β-unsaturated/α-hetero) is 1. The highest BCUT2D eigenvalue weighted by Gasteiger charge is 2.29. The van der Waals surface area contributed by atoms with Gasteiger partial charge in [0.05, 0.1) is 6.42 Å². The minimum absolute atomic E-state index is 0.00908. The smallest absolute Gasteiger partial charge is 0.174 e. The lowest BCUT2D eigenvalue weighted by Crippen LogP contribution is -2.20. The van der Waals surface area contributed by atoms with Gasteiger partial charge in [-0.2, -0.15) is 0 Å². The van der Waals surface area contributed by atoms with E-state index in [9.17, 15) is 9.90 Å². The Morgan fingerprint density at radius 3 is 2.79 bits per heavy atom. The third kappa shape index (κ3) is 2.08. The van der Waals surface area contributed by atoms with Gasteiger partial charge in [0.15, 0.2) is 5.78 Å². The van der Waals surface area contributed by atoms with Crippen molar-refractivity contribution < 1.29 is 14.6 Å². The second-order valence-electron chi connectivity index (χ2n) is 4.80. The number of carbonyl (C=O) groups excluding carboxylic acids is 1. The van der Waals surface area contributed by atoms with E-state index in [1.54, 1.807) is 12.1 Å². The first-order chi connectivity index (χ1) is 9.15. The van der Waals surface area contributed by atoms with Crippen molar-refractivity contribution >= 4 is 5.78 Å².